The SMILES string of the molecule is O=C(C=Cc1cccs1)N1CCN(Cc2cc3ccccn3n2)CC1. The van der Waals surface area contributed by atoms with Gasteiger partial charge in [-0.25, -0.2) is 4.52 Å². The Labute approximate surface area is 150 Å². The fourth-order valence-electron chi connectivity index (χ4n) is 3.07. The quantitative estimate of drug-likeness (QED) is 0.678. The van der Waals surface area contributed by atoms with Gasteiger partial charge in [0.25, 0.3) is 0 Å². The monoisotopic (exact) mass is 352 g/mol. The van der Waals surface area contributed by atoms with Crippen LogP contribution in [0.5, 0.6) is 0 Å². The van der Waals surface area contributed by atoms with E-state index in [1.807, 2.05) is 51.3 Å². The molecule has 0 aromatic carbocycles. The van der Waals surface area contributed by atoms with E-state index >= 15 is 0 Å². The van der Waals surface area contributed by atoms with Crippen molar-refractivity contribution >= 4 is 28.8 Å². The lowest BCUT2D eigenvalue weighted by molar-refractivity contribution is -0.127. The second kappa shape index (κ2) is 7.21. The molecule has 6 heteroatoms. The van der Waals surface area contributed by atoms with Crippen LogP contribution in [0.15, 0.2) is 54.1 Å². The molecule has 1 fully saturated rings. The minimum Gasteiger partial charge on any atom is -0.337 e. The first kappa shape index (κ1) is 16.1. The molecule has 0 N–H and O–H groups in total. The van der Waals surface area contributed by atoms with E-state index in [1.165, 1.54) is 0 Å². The van der Waals surface area contributed by atoms with Crippen molar-refractivity contribution in [3.8, 4) is 0 Å². The molecule has 3 aromatic heterocycles. The highest BCUT2D eigenvalue weighted by atomic mass is 32.1. The van der Waals surface area contributed by atoms with Crippen LogP contribution < -0.4 is 0 Å². The van der Waals surface area contributed by atoms with Gasteiger partial charge in [0.15, 0.2) is 0 Å². The van der Waals surface area contributed by atoms with E-state index in [9.17, 15) is 4.79 Å². The topological polar surface area (TPSA) is 40.9 Å². The molecule has 1 saturated heterocycles. The standard InChI is InChI=1S/C19H20N4OS/c24-19(7-6-18-5-3-13-25-18)22-11-9-21(10-12-22)15-16-14-17-4-1-2-8-23(17)20-16/h1-8,13-14H,9-12,15H2. The first-order valence-electron chi connectivity index (χ1n) is 8.44. The minimum absolute atomic E-state index is 0.0979. The number of pyridine rings is 1. The van der Waals surface area contributed by atoms with Crippen molar-refractivity contribution < 1.29 is 4.79 Å². The summed E-state index contributed by atoms with van der Waals surface area (Å²) in [5, 5.41) is 6.62. The number of hydrogen-bond acceptors (Lipinski definition) is 4. The van der Waals surface area contributed by atoms with Crippen molar-refractivity contribution in [3.63, 3.8) is 0 Å². The number of hydrogen-bond donors (Lipinski definition) is 0. The van der Waals surface area contributed by atoms with Crippen molar-refractivity contribution in [1.29, 1.82) is 0 Å². The lowest BCUT2D eigenvalue weighted by Gasteiger charge is -2.33. The zero-order chi connectivity index (χ0) is 17.1. The summed E-state index contributed by atoms with van der Waals surface area (Å²) in [6, 6.07) is 12.2. The van der Waals surface area contributed by atoms with E-state index in [4.69, 9.17) is 0 Å². The molecular weight excluding hydrogens is 332 g/mol. The summed E-state index contributed by atoms with van der Waals surface area (Å²) in [6.07, 6.45) is 5.55. The molecule has 3 aromatic rings. The number of rotatable bonds is 4. The summed E-state index contributed by atoms with van der Waals surface area (Å²) < 4.78 is 1.91. The molecule has 128 valence electrons. The van der Waals surface area contributed by atoms with Crippen molar-refractivity contribution in [2.45, 2.75) is 6.54 Å². The van der Waals surface area contributed by atoms with Gasteiger partial charge in [0, 0.05) is 49.9 Å². The number of aromatic nitrogens is 2. The van der Waals surface area contributed by atoms with Crippen molar-refractivity contribution in [3.05, 3.63) is 64.6 Å². The van der Waals surface area contributed by atoms with E-state index < -0.39 is 0 Å². The Morgan fingerprint density at radius 1 is 1.16 bits per heavy atom. The third kappa shape index (κ3) is 3.81. The van der Waals surface area contributed by atoms with E-state index in [0.29, 0.717) is 0 Å². The van der Waals surface area contributed by atoms with Crippen molar-refractivity contribution in [2.24, 2.45) is 0 Å². The second-order valence-electron chi connectivity index (χ2n) is 6.16. The molecule has 1 amide bonds. The van der Waals surface area contributed by atoms with Crippen LogP contribution in [0.1, 0.15) is 10.6 Å². The summed E-state index contributed by atoms with van der Waals surface area (Å²) in [5.41, 5.74) is 2.19. The molecular formula is C19H20N4OS. The number of piperazine rings is 1. The third-order valence-electron chi connectivity index (χ3n) is 4.42. The number of fused-ring (bicyclic) bond motifs is 1. The van der Waals surface area contributed by atoms with Gasteiger partial charge in [-0.15, -0.1) is 11.3 Å². The van der Waals surface area contributed by atoms with Crippen LogP contribution in [-0.2, 0) is 11.3 Å². The minimum atomic E-state index is 0.0979. The van der Waals surface area contributed by atoms with Crippen LogP contribution in [0.2, 0.25) is 0 Å². The van der Waals surface area contributed by atoms with Crippen molar-refractivity contribution in [1.82, 2.24) is 19.4 Å². The average Bonchev–Trinajstić information content (AvgIpc) is 3.29. The maximum absolute atomic E-state index is 12.3. The fraction of sp³-hybridized carbons (Fsp3) is 0.263. The second-order valence-corrected chi connectivity index (χ2v) is 7.14. The fourth-order valence-corrected chi connectivity index (χ4v) is 3.69. The molecule has 0 saturated carbocycles. The number of nitrogens with zero attached hydrogens (tertiary/aromatic N) is 4. The van der Waals surface area contributed by atoms with Crippen LogP contribution >= 0.6 is 11.3 Å². The average molecular weight is 352 g/mol. The van der Waals surface area contributed by atoms with E-state index in [-0.39, 0.29) is 5.91 Å². The van der Waals surface area contributed by atoms with Gasteiger partial charge in [-0.05, 0) is 35.7 Å². The van der Waals surface area contributed by atoms with Crippen LogP contribution in [-0.4, -0.2) is 51.5 Å². The highest BCUT2D eigenvalue weighted by Crippen LogP contribution is 2.13. The molecule has 0 radical (unpaired) electrons. The smallest absolute Gasteiger partial charge is 0.246 e. The molecule has 5 nitrogen and oxygen atoms in total. The zero-order valence-corrected chi connectivity index (χ0v) is 14.7. The summed E-state index contributed by atoms with van der Waals surface area (Å²) in [4.78, 5) is 17.7. The Hall–Kier alpha value is -2.44. The van der Waals surface area contributed by atoms with Gasteiger partial charge in [-0.1, -0.05) is 12.1 Å². The highest BCUT2D eigenvalue weighted by Gasteiger charge is 2.20. The maximum atomic E-state index is 12.3. The number of thiophene rings is 1. The summed E-state index contributed by atoms with van der Waals surface area (Å²) in [7, 11) is 0. The van der Waals surface area contributed by atoms with Gasteiger partial charge in [-0.2, -0.15) is 5.10 Å². The molecule has 1 aliphatic heterocycles. The summed E-state index contributed by atoms with van der Waals surface area (Å²) in [6.45, 7) is 4.12. The highest BCUT2D eigenvalue weighted by molar-refractivity contribution is 7.10. The van der Waals surface area contributed by atoms with Crippen molar-refractivity contribution in [2.75, 3.05) is 26.2 Å². The van der Waals surface area contributed by atoms with E-state index in [2.05, 4.69) is 22.1 Å². The number of carbonyl (C=O) groups excluding carboxylic acids is 1. The van der Waals surface area contributed by atoms with Gasteiger partial charge < -0.3 is 4.90 Å². The normalized spacial score (nSPS) is 16.1. The van der Waals surface area contributed by atoms with Gasteiger partial charge in [0.1, 0.15) is 0 Å². The predicted octanol–water partition coefficient (Wildman–Crippen LogP) is 2.75. The molecule has 0 spiro atoms. The van der Waals surface area contributed by atoms with Crippen LogP contribution in [0, 0.1) is 0 Å². The Morgan fingerprint density at radius 3 is 2.80 bits per heavy atom. The lowest BCUT2D eigenvalue weighted by Crippen LogP contribution is -2.47. The third-order valence-corrected chi connectivity index (χ3v) is 5.26. The molecule has 0 unspecified atom stereocenters. The first-order chi connectivity index (χ1) is 12.3. The van der Waals surface area contributed by atoms with E-state index in [0.717, 1.165) is 48.8 Å². The largest absolute Gasteiger partial charge is 0.337 e. The molecule has 4 heterocycles. The van der Waals surface area contributed by atoms with Gasteiger partial charge in [0.05, 0.1) is 11.2 Å². The van der Waals surface area contributed by atoms with Gasteiger partial charge in [0.2, 0.25) is 5.91 Å². The molecule has 25 heavy (non-hydrogen) atoms. The van der Waals surface area contributed by atoms with Crippen LogP contribution in [0.4, 0.5) is 0 Å². The summed E-state index contributed by atoms with van der Waals surface area (Å²) >= 11 is 1.64. The predicted molar refractivity (Wildman–Crippen MR) is 100 cm³/mol. The summed E-state index contributed by atoms with van der Waals surface area (Å²) in [5.74, 6) is 0.0979. The zero-order valence-electron chi connectivity index (χ0n) is 13.9. The Bertz CT molecular complexity index is 843. The first-order valence-corrected chi connectivity index (χ1v) is 9.32. The molecule has 1 aliphatic rings. The Morgan fingerprint density at radius 2 is 2.04 bits per heavy atom. The molecule has 0 aliphatic carbocycles. The van der Waals surface area contributed by atoms with Gasteiger partial charge in [-0.3, -0.25) is 9.69 Å². The number of carbonyl (C=O) groups is 1. The van der Waals surface area contributed by atoms with Crippen LogP contribution in [0.3, 0.4) is 0 Å². The molecule has 0 atom stereocenters. The molecule has 4 rings (SSSR count). The van der Waals surface area contributed by atoms with E-state index in [1.54, 1.807) is 17.4 Å². The van der Waals surface area contributed by atoms with Gasteiger partial charge >= 0.3 is 0 Å². The Balaban J connectivity index is 1.31. The molecule has 0 bridgehead atoms. The van der Waals surface area contributed by atoms with Crippen LogP contribution in [0.25, 0.3) is 11.6 Å². The maximum Gasteiger partial charge on any atom is 0.246 e. The lowest BCUT2D eigenvalue weighted by atomic mass is 10.2. The number of amides is 1. The Kier molecular flexibility index (Phi) is 4.63.